The van der Waals surface area contributed by atoms with Gasteiger partial charge < -0.3 is 4.74 Å². The van der Waals surface area contributed by atoms with E-state index in [1.807, 2.05) is 0 Å². The van der Waals surface area contributed by atoms with Crippen molar-refractivity contribution in [3.63, 3.8) is 0 Å². The van der Waals surface area contributed by atoms with Gasteiger partial charge in [0.2, 0.25) is 0 Å². The van der Waals surface area contributed by atoms with E-state index in [-0.39, 0.29) is 5.41 Å². The molecule has 0 aliphatic heterocycles. The van der Waals surface area contributed by atoms with Crippen LogP contribution in [0.2, 0.25) is 0 Å². The van der Waals surface area contributed by atoms with Gasteiger partial charge in [-0.2, -0.15) is 0 Å². The SMILES string of the molecule is Cc1ccc(OCCCCCl)c(C(C)(C)C)c1. The van der Waals surface area contributed by atoms with E-state index in [1.165, 1.54) is 11.1 Å². The highest BCUT2D eigenvalue weighted by atomic mass is 35.5. The van der Waals surface area contributed by atoms with Gasteiger partial charge in [0.05, 0.1) is 6.61 Å². The van der Waals surface area contributed by atoms with Crippen LogP contribution in [0.15, 0.2) is 18.2 Å². The van der Waals surface area contributed by atoms with E-state index >= 15 is 0 Å². The maximum Gasteiger partial charge on any atom is 0.123 e. The molecule has 0 unspecified atom stereocenters. The van der Waals surface area contributed by atoms with Crippen LogP contribution in [0.25, 0.3) is 0 Å². The van der Waals surface area contributed by atoms with Crippen molar-refractivity contribution in [2.75, 3.05) is 12.5 Å². The Morgan fingerprint density at radius 2 is 1.88 bits per heavy atom. The summed E-state index contributed by atoms with van der Waals surface area (Å²) in [7, 11) is 0. The minimum atomic E-state index is 0.119. The van der Waals surface area contributed by atoms with Crippen LogP contribution in [0.4, 0.5) is 0 Å². The highest BCUT2D eigenvalue weighted by molar-refractivity contribution is 6.17. The molecule has 1 nitrogen and oxygen atoms in total. The molecule has 0 bridgehead atoms. The van der Waals surface area contributed by atoms with Gasteiger partial charge in [-0.3, -0.25) is 0 Å². The summed E-state index contributed by atoms with van der Waals surface area (Å²) in [6.45, 7) is 9.51. The van der Waals surface area contributed by atoms with Crippen LogP contribution in [-0.4, -0.2) is 12.5 Å². The quantitative estimate of drug-likeness (QED) is 0.547. The number of rotatable bonds is 5. The summed E-state index contributed by atoms with van der Waals surface area (Å²) < 4.78 is 5.86. The summed E-state index contributed by atoms with van der Waals surface area (Å²) in [4.78, 5) is 0. The number of halogens is 1. The molecule has 0 aromatic heterocycles. The minimum absolute atomic E-state index is 0.119. The Hall–Kier alpha value is -0.690. The van der Waals surface area contributed by atoms with Gasteiger partial charge in [-0.15, -0.1) is 11.6 Å². The maximum atomic E-state index is 5.86. The first kappa shape index (κ1) is 14.4. The molecule has 0 fully saturated rings. The van der Waals surface area contributed by atoms with E-state index in [2.05, 4.69) is 45.9 Å². The van der Waals surface area contributed by atoms with Crippen LogP contribution in [0.1, 0.15) is 44.7 Å². The molecule has 0 N–H and O–H groups in total. The molecule has 0 aliphatic rings. The van der Waals surface area contributed by atoms with Gasteiger partial charge in [-0.05, 0) is 36.8 Å². The van der Waals surface area contributed by atoms with Crippen molar-refractivity contribution in [2.24, 2.45) is 0 Å². The van der Waals surface area contributed by atoms with Gasteiger partial charge in [-0.25, -0.2) is 0 Å². The van der Waals surface area contributed by atoms with Crippen molar-refractivity contribution in [1.82, 2.24) is 0 Å². The molecule has 0 heterocycles. The van der Waals surface area contributed by atoms with E-state index < -0.39 is 0 Å². The summed E-state index contributed by atoms with van der Waals surface area (Å²) in [6, 6.07) is 6.40. The second-order valence-electron chi connectivity index (χ2n) is 5.49. The van der Waals surface area contributed by atoms with Crippen LogP contribution in [0.3, 0.4) is 0 Å². The number of hydrogen-bond donors (Lipinski definition) is 0. The smallest absolute Gasteiger partial charge is 0.123 e. The molecule has 1 aromatic rings. The van der Waals surface area contributed by atoms with Crippen molar-refractivity contribution < 1.29 is 4.74 Å². The van der Waals surface area contributed by atoms with Crippen LogP contribution >= 0.6 is 11.6 Å². The third-order valence-corrected chi connectivity index (χ3v) is 3.00. The summed E-state index contributed by atoms with van der Waals surface area (Å²) in [6.07, 6.45) is 2.03. The first-order valence-corrected chi connectivity index (χ1v) is 6.78. The van der Waals surface area contributed by atoms with Crippen LogP contribution in [0.5, 0.6) is 5.75 Å². The largest absolute Gasteiger partial charge is 0.493 e. The van der Waals surface area contributed by atoms with Crippen molar-refractivity contribution in [1.29, 1.82) is 0 Å². The summed E-state index contributed by atoms with van der Waals surface area (Å²) in [5.74, 6) is 1.72. The van der Waals surface area contributed by atoms with Crippen molar-refractivity contribution in [3.05, 3.63) is 29.3 Å². The fraction of sp³-hybridized carbons (Fsp3) is 0.600. The lowest BCUT2D eigenvalue weighted by Gasteiger charge is -2.23. The molecular formula is C15H23ClO. The molecule has 17 heavy (non-hydrogen) atoms. The Bertz CT molecular complexity index is 352. The molecule has 0 atom stereocenters. The molecule has 1 rings (SSSR count). The zero-order valence-electron chi connectivity index (χ0n) is 11.3. The zero-order chi connectivity index (χ0) is 12.9. The van der Waals surface area contributed by atoms with Gasteiger partial charge in [-0.1, -0.05) is 38.5 Å². The molecule has 0 amide bonds. The first-order valence-electron chi connectivity index (χ1n) is 6.25. The lowest BCUT2D eigenvalue weighted by Crippen LogP contribution is -2.14. The number of ether oxygens (including phenoxy) is 1. The Labute approximate surface area is 110 Å². The van der Waals surface area contributed by atoms with Crippen molar-refractivity contribution in [2.45, 2.75) is 46.0 Å². The summed E-state index contributed by atoms with van der Waals surface area (Å²) in [5, 5.41) is 0. The molecule has 0 spiro atoms. The Kier molecular flexibility index (Phi) is 5.32. The van der Waals surface area contributed by atoms with Crippen LogP contribution in [0, 0.1) is 6.92 Å². The topological polar surface area (TPSA) is 9.23 Å². The van der Waals surface area contributed by atoms with Crippen LogP contribution in [-0.2, 0) is 5.41 Å². The second kappa shape index (κ2) is 6.30. The standard InChI is InChI=1S/C15H23ClO/c1-12-7-8-14(17-10-6-5-9-16)13(11-12)15(2,3)4/h7-8,11H,5-6,9-10H2,1-4H3. The highest BCUT2D eigenvalue weighted by Crippen LogP contribution is 2.32. The number of benzene rings is 1. The number of unbranched alkanes of at least 4 members (excludes halogenated alkanes) is 1. The minimum Gasteiger partial charge on any atom is -0.493 e. The maximum absolute atomic E-state index is 5.86. The number of hydrogen-bond acceptors (Lipinski definition) is 1. The number of aryl methyl sites for hydroxylation is 1. The normalized spacial score (nSPS) is 11.6. The summed E-state index contributed by atoms with van der Waals surface area (Å²) in [5.41, 5.74) is 2.68. The molecule has 96 valence electrons. The lowest BCUT2D eigenvalue weighted by molar-refractivity contribution is 0.301. The molecule has 0 aliphatic carbocycles. The van der Waals surface area contributed by atoms with E-state index in [1.54, 1.807) is 0 Å². The summed E-state index contributed by atoms with van der Waals surface area (Å²) >= 11 is 5.65. The van der Waals surface area contributed by atoms with Crippen molar-refractivity contribution >= 4 is 11.6 Å². The highest BCUT2D eigenvalue weighted by Gasteiger charge is 2.18. The molecule has 0 saturated heterocycles. The third kappa shape index (κ3) is 4.59. The van der Waals surface area contributed by atoms with E-state index in [4.69, 9.17) is 16.3 Å². The fourth-order valence-corrected chi connectivity index (χ4v) is 1.92. The molecule has 0 radical (unpaired) electrons. The van der Waals surface area contributed by atoms with Crippen molar-refractivity contribution in [3.8, 4) is 5.75 Å². The predicted octanol–water partition coefficient (Wildman–Crippen LogP) is 4.69. The Balaban J connectivity index is 2.77. The molecule has 1 aromatic carbocycles. The third-order valence-electron chi connectivity index (χ3n) is 2.73. The fourth-order valence-electron chi connectivity index (χ4n) is 1.73. The average molecular weight is 255 g/mol. The lowest BCUT2D eigenvalue weighted by atomic mass is 9.85. The van der Waals surface area contributed by atoms with E-state index in [0.29, 0.717) is 5.88 Å². The molecule has 0 saturated carbocycles. The van der Waals surface area contributed by atoms with Gasteiger partial charge in [0.1, 0.15) is 5.75 Å². The van der Waals surface area contributed by atoms with Crippen LogP contribution < -0.4 is 4.74 Å². The van der Waals surface area contributed by atoms with Gasteiger partial charge in [0.25, 0.3) is 0 Å². The first-order chi connectivity index (χ1) is 7.95. The molecule has 2 heteroatoms. The van der Waals surface area contributed by atoms with E-state index in [9.17, 15) is 0 Å². The van der Waals surface area contributed by atoms with Gasteiger partial charge >= 0.3 is 0 Å². The zero-order valence-corrected chi connectivity index (χ0v) is 12.1. The second-order valence-corrected chi connectivity index (χ2v) is 5.87. The Morgan fingerprint density at radius 3 is 2.47 bits per heavy atom. The monoisotopic (exact) mass is 254 g/mol. The number of alkyl halides is 1. The van der Waals surface area contributed by atoms with Gasteiger partial charge in [0, 0.05) is 5.88 Å². The molecular weight excluding hydrogens is 232 g/mol. The van der Waals surface area contributed by atoms with E-state index in [0.717, 1.165) is 25.2 Å². The average Bonchev–Trinajstić information content (AvgIpc) is 2.25. The predicted molar refractivity (Wildman–Crippen MR) is 75.3 cm³/mol. The Morgan fingerprint density at radius 1 is 1.18 bits per heavy atom. The van der Waals surface area contributed by atoms with Gasteiger partial charge in [0.15, 0.2) is 0 Å².